The van der Waals surface area contributed by atoms with Crippen molar-refractivity contribution in [3.05, 3.63) is 35.4 Å². The van der Waals surface area contributed by atoms with Crippen LogP contribution in [0.25, 0.3) is 0 Å². The highest BCUT2D eigenvalue weighted by Crippen LogP contribution is 2.15. The van der Waals surface area contributed by atoms with E-state index < -0.39 is 5.97 Å². The third-order valence-electron chi connectivity index (χ3n) is 2.54. The summed E-state index contributed by atoms with van der Waals surface area (Å²) in [5.74, 6) is 1.47. The van der Waals surface area contributed by atoms with E-state index >= 15 is 0 Å². The van der Waals surface area contributed by atoms with Crippen LogP contribution < -0.4 is 0 Å². The topological polar surface area (TPSA) is 37.3 Å². The molecule has 0 saturated carbocycles. The molecule has 0 atom stereocenters. The van der Waals surface area contributed by atoms with E-state index in [1.54, 1.807) is 0 Å². The summed E-state index contributed by atoms with van der Waals surface area (Å²) in [5.41, 5.74) is 2.15. The molecule has 0 aliphatic carbocycles. The maximum absolute atomic E-state index is 10.5. The number of aliphatic carboxylic acids is 1. The molecule has 0 heterocycles. The van der Waals surface area contributed by atoms with Crippen LogP contribution >= 0.6 is 11.8 Å². The standard InChI is InChI=1S/C14H20O2S/c1-2-3-4-9-17-11-13-7-5-12(6-8-13)10-14(15)16/h5-8H,2-4,9-11H2,1H3,(H,15,16). The van der Waals surface area contributed by atoms with Gasteiger partial charge in [0.15, 0.2) is 0 Å². The maximum Gasteiger partial charge on any atom is 0.307 e. The van der Waals surface area contributed by atoms with Crippen molar-refractivity contribution >= 4 is 17.7 Å². The predicted octanol–water partition coefficient (Wildman–Crippen LogP) is 3.74. The largest absolute Gasteiger partial charge is 0.481 e. The lowest BCUT2D eigenvalue weighted by Gasteiger charge is -2.03. The van der Waals surface area contributed by atoms with E-state index in [1.807, 2.05) is 36.0 Å². The first-order valence-electron chi connectivity index (χ1n) is 6.09. The Balaban J connectivity index is 2.28. The second kappa shape index (κ2) is 8.18. The Morgan fingerprint density at radius 3 is 2.41 bits per heavy atom. The lowest BCUT2D eigenvalue weighted by atomic mass is 10.1. The summed E-state index contributed by atoms with van der Waals surface area (Å²) in [6.45, 7) is 2.21. The van der Waals surface area contributed by atoms with Crippen LogP contribution in [-0.2, 0) is 17.0 Å². The van der Waals surface area contributed by atoms with Crippen LogP contribution in [0.15, 0.2) is 24.3 Å². The number of benzene rings is 1. The second-order valence-electron chi connectivity index (χ2n) is 4.15. The van der Waals surface area contributed by atoms with E-state index in [-0.39, 0.29) is 6.42 Å². The van der Waals surface area contributed by atoms with Crippen LogP contribution in [-0.4, -0.2) is 16.8 Å². The Bertz CT molecular complexity index is 333. The van der Waals surface area contributed by atoms with E-state index in [1.165, 1.54) is 30.6 Å². The Kier molecular flexibility index (Phi) is 6.78. The van der Waals surface area contributed by atoms with Crippen molar-refractivity contribution in [2.75, 3.05) is 5.75 Å². The van der Waals surface area contributed by atoms with Crippen molar-refractivity contribution in [1.82, 2.24) is 0 Å². The Morgan fingerprint density at radius 2 is 1.82 bits per heavy atom. The fraction of sp³-hybridized carbons (Fsp3) is 0.500. The minimum Gasteiger partial charge on any atom is -0.481 e. The van der Waals surface area contributed by atoms with Crippen molar-refractivity contribution in [2.45, 2.75) is 38.4 Å². The zero-order chi connectivity index (χ0) is 12.5. The molecular formula is C14H20O2S. The first-order chi connectivity index (χ1) is 8.22. The minimum atomic E-state index is -0.772. The van der Waals surface area contributed by atoms with Gasteiger partial charge in [-0.25, -0.2) is 0 Å². The van der Waals surface area contributed by atoms with E-state index in [2.05, 4.69) is 6.92 Å². The fourth-order valence-electron chi connectivity index (χ4n) is 1.57. The van der Waals surface area contributed by atoms with Gasteiger partial charge in [-0.15, -0.1) is 0 Å². The quantitative estimate of drug-likeness (QED) is 0.716. The molecule has 1 aromatic carbocycles. The van der Waals surface area contributed by atoms with Crippen LogP contribution in [0.4, 0.5) is 0 Å². The van der Waals surface area contributed by atoms with Gasteiger partial charge in [0.25, 0.3) is 0 Å². The monoisotopic (exact) mass is 252 g/mol. The van der Waals surface area contributed by atoms with Gasteiger partial charge >= 0.3 is 5.97 Å². The van der Waals surface area contributed by atoms with Crippen molar-refractivity contribution in [1.29, 1.82) is 0 Å². The van der Waals surface area contributed by atoms with Crippen molar-refractivity contribution < 1.29 is 9.90 Å². The fourth-order valence-corrected chi connectivity index (χ4v) is 2.55. The summed E-state index contributed by atoms with van der Waals surface area (Å²) < 4.78 is 0. The smallest absolute Gasteiger partial charge is 0.307 e. The minimum absolute atomic E-state index is 0.115. The number of hydrogen-bond acceptors (Lipinski definition) is 2. The van der Waals surface area contributed by atoms with Gasteiger partial charge < -0.3 is 5.11 Å². The van der Waals surface area contributed by atoms with Crippen LogP contribution in [0.5, 0.6) is 0 Å². The summed E-state index contributed by atoms with van der Waals surface area (Å²) >= 11 is 1.95. The number of rotatable bonds is 8. The normalized spacial score (nSPS) is 10.4. The summed E-state index contributed by atoms with van der Waals surface area (Å²) in [6.07, 6.45) is 3.98. The Hall–Kier alpha value is -0.960. The molecule has 94 valence electrons. The van der Waals surface area contributed by atoms with Gasteiger partial charge in [0.1, 0.15) is 0 Å². The molecule has 3 heteroatoms. The van der Waals surface area contributed by atoms with Crippen LogP contribution in [0.1, 0.15) is 37.3 Å². The molecule has 0 spiro atoms. The van der Waals surface area contributed by atoms with Gasteiger partial charge in [0.05, 0.1) is 6.42 Å². The van der Waals surface area contributed by atoms with Crippen molar-refractivity contribution in [3.8, 4) is 0 Å². The summed E-state index contributed by atoms with van der Waals surface area (Å²) in [5, 5.41) is 8.66. The summed E-state index contributed by atoms with van der Waals surface area (Å²) in [4.78, 5) is 10.5. The van der Waals surface area contributed by atoms with E-state index in [0.29, 0.717) is 0 Å². The molecule has 0 saturated heterocycles. The third kappa shape index (κ3) is 6.37. The number of carbonyl (C=O) groups is 1. The molecule has 0 unspecified atom stereocenters. The number of hydrogen-bond donors (Lipinski definition) is 1. The molecule has 0 radical (unpaired) electrons. The molecule has 0 fully saturated rings. The van der Waals surface area contributed by atoms with Gasteiger partial charge in [0.2, 0.25) is 0 Å². The molecule has 1 aromatic rings. The number of thioether (sulfide) groups is 1. The first kappa shape index (κ1) is 14.1. The van der Waals surface area contributed by atoms with Gasteiger partial charge in [-0.3, -0.25) is 4.79 Å². The highest BCUT2D eigenvalue weighted by Gasteiger charge is 2.00. The molecule has 0 aliphatic rings. The highest BCUT2D eigenvalue weighted by atomic mass is 32.2. The van der Waals surface area contributed by atoms with Crippen molar-refractivity contribution in [2.24, 2.45) is 0 Å². The molecule has 2 nitrogen and oxygen atoms in total. The lowest BCUT2D eigenvalue weighted by molar-refractivity contribution is -0.136. The number of carboxylic acid groups (broad SMARTS) is 1. The zero-order valence-corrected chi connectivity index (χ0v) is 11.1. The molecule has 1 N–H and O–H groups in total. The molecule has 0 bridgehead atoms. The molecule has 0 aliphatic heterocycles. The molecule has 17 heavy (non-hydrogen) atoms. The van der Waals surface area contributed by atoms with E-state index in [4.69, 9.17) is 5.11 Å². The summed E-state index contributed by atoms with van der Waals surface area (Å²) in [7, 11) is 0. The van der Waals surface area contributed by atoms with E-state index in [9.17, 15) is 4.79 Å². The zero-order valence-electron chi connectivity index (χ0n) is 10.3. The molecular weight excluding hydrogens is 232 g/mol. The lowest BCUT2D eigenvalue weighted by Crippen LogP contribution is -1.99. The number of unbranched alkanes of at least 4 members (excludes halogenated alkanes) is 2. The third-order valence-corrected chi connectivity index (χ3v) is 3.65. The average Bonchev–Trinajstić information content (AvgIpc) is 2.30. The molecule has 0 aromatic heterocycles. The van der Waals surface area contributed by atoms with E-state index in [0.717, 1.165) is 11.3 Å². The highest BCUT2D eigenvalue weighted by molar-refractivity contribution is 7.98. The van der Waals surface area contributed by atoms with Crippen LogP contribution in [0, 0.1) is 0 Å². The molecule has 1 rings (SSSR count). The van der Waals surface area contributed by atoms with Gasteiger partial charge in [-0.05, 0) is 23.3 Å². The second-order valence-corrected chi connectivity index (χ2v) is 5.25. The van der Waals surface area contributed by atoms with Gasteiger partial charge in [-0.1, -0.05) is 44.0 Å². The Morgan fingerprint density at radius 1 is 1.18 bits per heavy atom. The predicted molar refractivity (Wildman–Crippen MR) is 73.5 cm³/mol. The van der Waals surface area contributed by atoms with Gasteiger partial charge in [0, 0.05) is 5.75 Å². The SMILES string of the molecule is CCCCCSCc1ccc(CC(=O)O)cc1. The van der Waals surface area contributed by atoms with Crippen molar-refractivity contribution in [3.63, 3.8) is 0 Å². The van der Waals surface area contributed by atoms with Crippen LogP contribution in [0.2, 0.25) is 0 Å². The summed E-state index contributed by atoms with van der Waals surface area (Å²) in [6, 6.07) is 7.89. The maximum atomic E-state index is 10.5. The van der Waals surface area contributed by atoms with Gasteiger partial charge in [-0.2, -0.15) is 11.8 Å². The average molecular weight is 252 g/mol. The Labute approximate surface area is 107 Å². The molecule has 0 amide bonds. The first-order valence-corrected chi connectivity index (χ1v) is 7.25. The number of carboxylic acids is 1. The van der Waals surface area contributed by atoms with Crippen LogP contribution in [0.3, 0.4) is 0 Å².